The maximum atomic E-state index is 12.4. The summed E-state index contributed by atoms with van der Waals surface area (Å²) in [6.07, 6.45) is 0.0270. The van der Waals surface area contributed by atoms with Crippen molar-refractivity contribution in [3.8, 4) is 17.2 Å². The summed E-state index contributed by atoms with van der Waals surface area (Å²) in [7, 11) is 3.10. The average molecular weight is 284 g/mol. The molecule has 0 fully saturated rings. The molecule has 1 heterocycles. The maximum absolute atomic E-state index is 12.4. The molecule has 21 heavy (non-hydrogen) atoms. The van der Waals surface area contributed by atoms with E-state index < -0.39 is 0 Å². The Labute approximate surface area is 123 Å². The number of hydrogen-bond acceptors (Lipinski definition) is 4. The van der Waals surface area contributed by atoms with Crippen molar-refractivity contribution in [3.63, 3.8) is 0 Å². The predicted octanol–water partition coefficient (Wildman–Crippen LogP) is 3.41. The lowest BCUT2D eigenvalue weighted by atomic mass is 9.96. The van der Waals surface area contributed by atoms with E-state index in [0.29, 0.717) is 29.2 Å². The number of benzene rings is 2. The number of carbonyl (C=O) groups excluding carboxylic acids is 1. The van der Waals surface area contributed by atoms with Gasteiger partial charge < -0.3 is 14.2 Å². The van der Waals surface area contributed by atoms with Gasteiger partial charge in [-0.25, -0.2) is 0 Å². The molecule has 1 aliphatic rings. The SMILES string of the molecule is COc1ccc2c(c1OC)O[C@H](c1ccccc1)CC2=O. The molecule has 108 valence electrons. The highest BCUT2D eigenvalue weighted by molar-refractivity contribution is 6.01. The van der Waals surface area contributed by atoms with E-state index in [2.05, 4.69) is 0 Å². The van der Waals surface area contributed by atoms with Crippen LogP contribution in [0, 0.1) is 0 Å². The monoisotopic (exact) mass is 284 g/mol. The van der Waals surface area contributed by atoms with Crippen LogP contribution in [-0.2, 0) is 0 Å². The third-order valence-electron chi connectivity index (χ3n) is 3.60. The standard InChI is InChI=1S/C17H16O4/c1-19-14-9-8-12-13(18)10-15(11-6-4-3-5-7-11)21-16(12)17(14)20-2/h3-9,15H,10H2,1-2H3/t15-/m0/s1. The second-order valence-electron chi connectivity index (χ2n) is 4.82. The third-order valence-corrected chi connectivity index (χ3v) is 3.60. The van der Waals surface area contributed by atoms with E-state index in [9.17, 15) is 4.79 Å². The zero-order valence-electron chi connectivity index (χ0n) is 12.0. The van der Waals surface area contributed by atoms with Gasteiger partial charge in [0.1, 0.15) is 6.10 Å². The molecular formula is C17H16O4. The smallest absolute Gasteiger partial charge is 0.204 e. The Kier molecular flexibility index (Phi) is 3.52. The van der Waals surface area contributed by atoms with Crippen LogP contribution in [0.2, 0.25) is 0 Å². The van der Waals surface area contributed by atoms with Gasteiger partial charge >= 0.3 is 0 Å². The number of carbonyl (C=O) groups is 1. The van der Waals surface area contributed by atoms with Crippen molar-refractivity contribution < 1.29 is 19.0 Å². The third kappa shape index (κ3) is 2.33. The first-order valence-electron chi connectivity index (χ1n) is 6.74. The van der Waals surface area contributed by atoms with Crippen molar-refractivity contribution in [1.82, 2.24) is 0 Å². The molecule has 0 saturated carbocycles. The van der Waals surface area contributed by atoms with Crippen molar-refractivity contribution >= 4 is 5.78 Å². The van der Waals surface area contributed by atoms with Crippen molar-refractivity contribution in [1.29, 1.82) is 0 Å². The molecule has 0 saturated heterocycles. The number of ether oxygens (including phenoxy) is 3. The first-order valence-corrected chi connectivity index (χ1v) is 6.74. The molecule has 0 aromatic heterocycles. The van der Waals surface area contributed by atoms with Crippen molar-refractivity contribution in [2.75, 3.05) is 14.2 Å². The van der Waals surface area contributed by atoms with Crippen LogP contribution in [0.15, 0.2) is 42.5 Å². The number of rotatable bonds is 3. The zero-order chi connectivity index (χ0) is 14.8. The summed E-state index contributed by atoms with van der Waals surface area (Å²) in [5.74, 6) is 1.52. The van der Waals surface area contributed by atoms with Crippen LogP contribution in [0.5, 0.6) is 17.2 Å². The highest BCUT2D eigenvalue weighted by atomic mass is 16.5. The molecule has 1 aliphatic heterocycles. The van der Waals surface area contributed by atoms with Crippen LogP contribution in [0.3, 0.4) is 0 Å². The van der Waals surface area contributed by atoms with Crippen LogP contribution in [0.25, 0.3) is 0 Å². The van der Waals surface area contributed by atoms with Crippen LogP contribution in [0.1, 0.15) is 28.4 Å². The van der Waals surface area contributed by atoms with E-state index in [4.69, 9.17) is 14.2 Å². The van der Waals surface area contributed by atoms with E-state index in [1.54, 1.807) is 19.2 Å². The van der Waals surface area contributed by atoms with Gasteiger partial charge in [0, 0.05) is 0 Å². The molecule has 3 rings (SSSR count). The molecule has 4 nitrogen and oxygen atoms in total. The van der Waals surface area contributed by atoms with Gasteiger partial charge in [0.05, 0.1) is 26.2 Å². The van der Waals surface area contributed by atoms with Gasteiger partial charge in [0.2, 0.25) is 5.75 Å². The lowest BCUT2D eigenvalue weighted by molar-refractivity contribution is 0.0841. The molecule has 0 radical (unpaired) electrons. The van der Waals surface area contributed by atoms with Crippen LogP contribution < -0.4 is 14.2 Å². The minimum Gasteiger partial charge on any atom is -0.493 e. The summed E-state index contributed by atoms with van der Waals surface area (Å²) in [6, 6.07) is 13.2. The number of ketones is 1. The largest absolute Gasteiger partial charge is 0.493 e. The van der Waals surface area contributed by atoms with Gasteiger partial charge in [0.25, 0.3) is 0 Å². The van der Waals surface area contributed by atoms with Crippen molar-refractivity contribution in [2.45, 2.75) is 12.5 Å². The molecule has 0 amide bonds. The first kappa shape index (κ1) is 13.5. The second-order valence-corrected chi connectivity index (χ2v) is 4.82. The number of fused-ring (bicyclic) bond motifs is 1. The average Bonchev–Trinajstić information content (AvgIpc) is 2.54. The number of methoxy groups -OCH3 is 2. The summed E-state index contributed by atoms with van der Waals surface area (Å²) in [5, 5.41) is 0. The Bertz CT molecular complexity index is 664. The molecule has 0 spiro atoms. The van der Waals surface area contributed by atoms with E-state index in [-0.39, 0.29) is 11.9 Å². The fourth-order valence-corrected chi connectivity index (χ4v) is 2.55. The molecule has 0 bridgehead atoms. The lowest BCUT2D eigenvalue weighted by Gasteiger charge is -2.27. The fraction of sp³-hybridized carbons (Fsp3) is 0.235. The van der Waals surface area contributed by atoms with E-state index in [1.807, 2.05) is 30.3 Å². The van der Waals surface area contributed by atoms with Crippen molar-refractivity contribution in [3.05, 3.63) is 53.6 Å². The van der Waals surface area contributed by atoms with Crippen LogP contribution in [0.4, 0.5) is 0 Å². The fourth-order valence-electron chi connectivity index (χ4n) is 2.55. The Hall–Kier alpha value is -2.49. The molecule has 0 N–H and O–H groups in total. The summed E-state index contributed by atoms with van der Waals surface area (Å²) in [5.41, 5.74) is 1.52. The van der Waals surface area contributed by atoms with Gasteiger partial charge in [-0.3, -0.25) is 4.79 Å². The Morgan fingerprint density at radius 2 is 1.81 bits per heavy atom. The zero-order valence-corrected chi connectivity index (χ0v) is 12.0. The van der Waals surface area contributed by atoms with Crippen LogP contribution in [-0.4, -0.2) is 20.0 Å². The van der Waals surface area contributed by atoms with Gasteiger partial charge in [-0.1, -0.05) is 30.3 Å². The van der Waals surface area contributed by atoms with E-state index >= 15 is 0 Å². The summed E-state index contributed by atoms with van der Waals surface area (Å²) < 4.78 is 16.7. The summed E-state index contributed by atoms with van der Waals surface area (Å²) >= 11 is 0. The molecular weight excluding hydrogens is 268 g/mol. The lowest BCUT2D eigenvalue weighted by Crippen LogP contribution is -2.21. The van der Waals surface area contributed by atoms with Crippen molar-refractivity contribution in [2.24, 2.45) is 0 Å². The highest BCUT2D eigenvalue weighted by Crippen LogP contribution is 2.45. The first-order chi connectivity index (χ1) is 10.2. The molecule has 1 atom stereocenters. The van der Waals surface area contributed by atoms with Crippen LogP contribution >= 0.6 is 0 Å². The maximum Gasteiger partial charge on any atom is 0.204 e. The Balaban J connectivity index is 2.06. The van der Waals surface area contributed by atoms with Gasteiger partial charge in [-0.2, -0.15) is 0 Å². The number of Topliss-reactive ketones (excluding diaryl/α,β-unsaturated/α-hetero) is 1. The Morgan fingerprint density at radius 3 is 2.48 bits per heavy atom. The van der Waals surface area contributed by atoms with Gasteiger partial charge in [-0.15, -0.1) is 0 Å². The second kappa shape index (κ2) is 5.48. The molecule has 0 aliphatic carbocycles. The highest BCUT2D eigenvalue weighted by Gasteiger charge is 2.31. The van der Waals surface area contributed by atoms with E-state index in [0.717, 1.165) is 5.56 Å². The topological polar surface area (TPSA) is 44.8 Å². The molecule has 2 aromatic carbocycles. The van der Waals surface area contributed by atoms with Gasteiger partial charge in [0.15, 0.2) is 17.3 Å². The minimum atomic E-state index is -0.299. The normalized spacial score (nSPS) is 16.9. The quantitative estimate of drug-likeness (QED) is 0.866. The molecule has 4 heteroatoms. The summed E-state index contributed by atoms with van der Waals surface area (Å²) in [6.45, 7) is 0. The molecule has 2 aromatic rings. The van der Waals surface area contributed by atoms with Gasteiger partial charge in [-0.05, 0) is 17.7 Å². The number of hydrogen-bond donors (Lipinski definition) is 0. The Morgan fingerprint density at radius 1 is 1.05 bits per heavy atom. The minimum absolute atomic E-state index is 0.0473. The molecule has 0 unspecified atom stereocenters. The summed E-state index contributed by atoms with van der Waals surface area (Å²) in [4.78, 5) is 12.4. The predicted molar refractivity (Wildman–Crippen MR) is 78.3 cm³/mol. The van der Waals surface area contributed by atoms with E-state index in [1.165, 1.54) is 7.11 Å².